The Morgan fingerprint density at radius 2 is 1.02 bits per heavy atom. The van der Waals surface area contributed by atoms with Gasteiger partial charge in [-0.3, -0.25) is 9.59 Å². The Kier molecular flexibility index (Phi) is 8.42. The number of carbonyl (C=O) groups excluding carboxylic acids is 2. The van der Waals surface area contributed by atoms with Crippen molar-refractivity contribution < 1.29 is 22.8 Å². The summed E-state index contributed by atoms with van der Waals surface area (Å²) in [5, 5.41) is 1.54. The largest absolute Gasteiger partial charge is 0.416 e. The average Bonchev–Trinajstić information content (AvgIpc) is 3.74. The predicted octanol–water partition coefficient (Wildman–Crippen LogP) is 13.6. The topological polar surface area (TPSA) is 42.3 Å². The van der Waals surface area contributed by atoms with E-state index in [9.17, 15) is 18.0 Å². The number of halogens is 3. The molecule has 7 heteroatoms. The second-order valence-electron chi connectivity index (χ2n) is 14.8. The minimum atomic E-state index is -4.52. The minimum absolute atomic E-state index is 0.241. The normalized spacial score (nSPS) is 12.8. The molecule has 284 valence electrons. The monoisotopic (exact) mass is 774 g/mol. The van der Waals surface area contributed by atoms with Crippen LogP contribution in [0.1, 0.15) is 31.8 Å². The number of imide groups is 1. The Labute approximate surface area is 338 Å². The number of alkyl halides is 3. The third-order valence-corrected chi connectivity index (χ3v) is 11.2. The van der Waals surface area contributed by atoms with Crippen molar-refractivity contribution >= 4 is 39.3 Å². The highest BCUT2D eigenvalue weighted by Gasteiger charge is 2.42. The Morgan fingerprint density at radius 1 is 0.458 bits per heavy atom. The summed E-state index contributed by atoms with van der Waals surface area (Å²) in [4.78, 5) is 31.6. The van der Waals surface area contributed by atoms with Crippen LogP contribution in [0.15, 0.2) is 182 Å². The van der Waals surface area contributed by atoms with Crippen LogP contribution < -0.4 is 4.90 Å². The summed E-state index contributed by atoms with van der Waals surface area (Å²) in [7, 11) is 0. The van der Waals surface area contributed by atoms with Gasteiger partial charge >= 0.3 is 6.18 Å². The number of carbonyl (C=O) groups is 2. The molecule has 0 unspecified atom stereocenters. The summed E-state index contributed by atoms with van der Waals surface area (Å²) >= 11 is 0. The fourth-order valence-corrected chi connectivity index (χ4v) is 8.63. The molecule has 2 heterocycles. The molecule has 8 aromatic carbocycles. The van der Waals surface area contributed by atoms with Gasteiger partial charge in [0.1, 0.15) is 0 Å². The highest BCUT2D eigenvalue weighted by Crippen LogP contribution is 2.47. The maximum Gasteiger partial charge on any atom is 0.416 e. The smallest absolute Gasteiger partial charge is 0.308 e. The third kappa shape index (κ3) is 5.93. The molecule has 1 aromatic heterocycles. The lowest BCUT2D eigenvalue weighted by Gasteiger charge is -2.24. The average molecular weight is 775 g/mol. The van der Waals surface area contributed by atoms with E-state index in [1.165, 1.54) is 11.0 Å². The van der Waals surface area contributed by atoms with Crippen molar-refractivity contribution in [3.05, 3.63) is 204 Å². The Bertz CT molecular complexity index is 3070. The molecular formula is C52H33F3N2O2. The van der Waals surface area contributed by atoms with Gasteiger partial charge in [-0.25, -0.2) is 4.90 Å². The molecule has 0 atom stereocenters. The zero-order valence-corrected chi connectivity index (χ0v) is 31.7. The van der Waals surface area contributed by atoms with Crippen molar-refractivity contribution in [2.75, 3.05) is 4.90 Å². The van der Waals surface area contributed by atoms with Gasteiger partial charge in [0.15, 0.2) is 0 Å². The van der Waals surface area contributed by atoms with Crippen LogP contribution >= 0.6 is 0 Å². The molecule has 10 rings (SSSR count). The van der Waals surface area contributed by atoms with E-state index in [0.29, 0.717) is 33.6 Å². The maximum atomic E-state index is 15.4. The van der Waals surface area contributed by atoms with E-state index in [4.69, 9.17) is 0 Å². The summed E-state index contributed by atoms with van der Waals surface area (Å²) in [6, 6.07) is 56.2. The van der Waals surface area contributed by atoms with E-state index in [-0.39, 0.29) is 11.1 Å². The standard InChI is InChI=1S/C52H33F3N2O2/c1-32-27-37(29-38(28-32)52(53,54)55)39-22-13-25-45-47(39)40-21-11-12-24-44(40)56(45)46-26-14-23-41-48(46)51(59)57(50(41)58)49-42(34-17-7-3-8-18-34)30-36(33-15-5-2-6-16-33)31-43(49)35-19-9-4-10-20-35/h2-31H,1H3. The van der Waals surface area contributed by atoms with Gasteiger partial charge in [0.05, 0.1) is 39.1 Å². The zero-order valence-electron chi connectivity index (χ0n) is 31.7. The number of hydrogen-bond acceptors (Lipinski definition) is 2. The molecule has 59 heavy (non-hydrogen) atoms. The van der Waals surface area contributed by atoms with E-state index in [1.807, 2.05) is 156 Å². The van der Waals surface area contributed by atoms with Gasteiger partial charge < -0.3 is 4.57 Å². The number of amides is 2. The van der Waals surface area contributed by atoms with Crippen LogP contribution in [0.5, 0.6) is 0 Å². The first-order valence-corrected chi connectivity index (χ1v) is 19.3. The van der Waals surface area contributed by atoms with Crippen molar-refractivity contribution in [2.24, 2.45) is 0 Å². The minimum Gasteiger partial charge on any atom is -0.308 e. The first kappa shape index (κ1) is 35.9. The number of nitrogens with zero attached hydrogens (tertiary/aromatic N) is 2. The number of anilines is 1. The predicted molar refractivity (Wildman–Crippen MR) is 230 cm³/mol. The lowest BCUT2D eigenvalue weighted by molar-refractivity contribution is -0.137. The number of fused-ring (bicyclic) bond motifs is 4. The molecule has 0 fully saturated rings. The van der Waals surface area contributed by atoms with Crippen molar-refractivity contribution in [3.63, 3.8) is 0 Å². The lowest BCUT2D eigenvalue weighted by Crippen LogP contribution is -2.30. The number of aromatic nitrogens is 1. The molecule has 0 aliphatic carbocycles. The van der Waals surface area contributed by atoms with E-state index in [1.54, 1.807) is 25.1 Å². The van der Waals surface area contributed by atoms with E-state index < -0.39 is 23.6 Å². The van der Waals surface area contributed by atoms with Gasteiger partial charge in [-0.15, -0.1) is 0 Å². The second-order valence-corrected chi connectivity index (χ2v) is 14.8. The van der Waals surface area contributed by atoms with Crippen LogP contribution in [0, 0.1) is 6.92 Å². The van der Waals surface area contributed by atoms with Gasteiger partial charge in [-0.2, -0.15) is 13.2 Å². The molecule has 0 radical (unpaired) electrons. The molecule has 2 amide bonds. The molecule has 0 spiro atoms. The number of aryl methyl sites for hydroxylation is 1. The highest BCUT2D eigenvalue weighted by atomic mass is 19.4. The van der Waals surface area contributed by atoms with E-state index in [0.717, 1.165) is 55.7 Å². The van der Waals surface area contributed by atoms with Crippen molar-refractivity contribution in [3.8, 4) is 50.2 Å². The van der Waals surface area contributed by atoms with Crippen LogP contribution in [0.2, 0.25) is 0 Å². The molecule has 0 bridgehead atoms. The second kappa shape index (κ2) is 13.9. The Balaban J connectivity index is 1.21. The first-order chi connectivity index (χ1) is 28.7. The van der Waals surface area contributed by atoms with Gasteiger partial charge in [-0.1, -0.05) is 133 Å². The SMILES string of the molecule is Cc1cc(-c2cccc3c2c2ccccc2n3-c2cccc3c2C(=O)N(c2c(-c4ccccc4)cc(-c4ccccc4)cc2-c2ccccc2)C3=O)cc(C(F)(F)F)c1. The van der Waals surface area contributed by atoms with Crippen LogP contribution in [0.25, 0.3) is 72.0 Å². The van der Waals surface area contributed by atoms with Crippen LogP contribution in [0.4, 0.5) is 18.9 Å². The number of para-hydroxylation sites is 1. The van der Waals surface area contributed by atoms with Gasteiger partial charge in [0.25, 0.3) is 11.8 Å². The molecular weight excluding hydrogens is 742 g/mol. The number of benzene rings is 8. The lowest BCUT2D eigenvalue weighted by atomic mass is 9.90. The zero-order chi connectivity index (χ0) is 40.4. The fourth-order valence-electron chi connectivity index (χ4n) is 8.63. The summed E-state index contributed by atoms with van der Waals surface area (Å²) in [5.74, 6) is -0.924. The first-order valence-electron chi connectivity index (χ1n) is 19.3. The van der Waals surface area contributed by atoms with Crippen LogP contribution in [-0.2, 0) is 6.18 Å². The molecule has 9 aromatic rings. The number of rotatable bonds is 6. The van der Waals surface area contributed by atoms with Gasteiger partial charge in [-0.05, 0) is 94.4 Å². The summed E-state index contributed by atoms with van der Waals surface area (Å²) in [6.45, 7) is 1.66. The van der Waals surface area contributed by atoms with Crippen molar-refractivity contribution in [2.45, 2.75) is 13.1 Å². The summed E-state index contributed by atoms with van der Waals surface area (Å²) < 4.78 is 44.2. The fraction of sp³-hybridized carbons (Fsp3) is 0.0385. The highest BCUT2D eigenvalue weighted by molar-refractivity contribution is 6.37. The molecule has 1 aliphatic heterocycles. The molecule has 0 saturated carbocycles. The van der Waals surface area contributed by atoms with E-state index >= 15 is 4.79 Å². The van der Waals surface area contributed by atoms with Crippen LogP contribution in [-0.4, -0.2) is 16.4 Å². The molecule has 1 aliphatic rings. The summed E-state index contributed by atoms with van der Waals surface area (Å²) in [5.41, 5.74) is 8.78. The van der Waals surface area contributed by atoms with Crippen molar-refractivity contribution in [1.29, 1.82) is 0 Å². The number of hydrogen-bond donors (Lipinski definition) is 0. The molecule has 4 nitrogen and oxygen atoms in total. The van der Waals surface area contributed by atoms with Gasteiger partial charge in [0, 0.05) is 21.9 Å². The Hall–Kier alpha value is -7.51. The maximum absolute atomic E-state index is 15.4. The van der Waals surface area contributed by atoms with Gasteiger partial charge in [0.2, 0.25) is 0 Å². The third-order valence-electron chi connectivity index (χ3n) is 11.2. The summed E-state index contributed by atoms with van der Waals surface area (Å²) in [6.07, 6.45) is -4.52. The molecule has 0 N–H and O–H groups in total. The Morgan fingerprint density at radius 3 is 1.66 bits per heavy atom. The van der Waals surface area contributed by atoms with E-state index in [2.05, 4.69) is 0 Å². The van der Waals surface area contributed by atoms with Crippen molar-refractivity contribution in [1.82, 2.24) is 4.57 Å². The van der Waals surface area contributed by atoms with Crippen LogP contribution in [0.3, 0.4) is 0 Å². The molecule has 0 saturated heterocycles. The quantitative estimate of drug-likeness (QED) is 0.158.